The van der Waals surface area contributed by atoms with Crippen molar-refractivity contribution in [3.8, 4) is 0 Å². The molecule has 142 valence electrons. The van der Waals surface area contributed by atoms with E-state index in [0.717, 1.165) is 64.4 Å². The van der Waals surface area contributed by atoms with E-state index in [1.807, 2.05) is 0 Å². The van der Waals surface area contributed by atoms with Crippen LogP contribution < -0.4 is 5.32 Å². The minimum Gasteiger partial charge on any atom is -0.357 e. The van der Waals surface area contributed by atoms with E-state index >= 15 is 0 Å². The number of guanidine groups is 1. The molecule has 0 radical (unpaired) electrons. The molecule has 5 nitrogen and oxygen atoms in total. The minimum absolute atomic E-state index is 0.344. The van der Waals surface area contributed by atoms with Crippen LogP contribution in [0.5, 0.6) is 0 Å². The van der Waals surface area contributed by atoms with Gasteiger partial charge in [-0.2, -0.15) is 0 Å². The van der Waals surface area contributed by atoms with Gasteiger partial charge in [-0.3, -0.25) is 9.79 Å². The van der Waals surface area contributed by atoms with Gasteiger partial charge in [0.1, 0.15) is 0 Å². The van der Waals surface area contributed by atoms with Gasteiger partial charge in [-0.1, -0.05) is 19.3 Å². The number of aliphatic imine (C=N–C) groups is 1. The van der Waals surface area contributed by atoms with Crippen molar-refractivity contribution in [3.63, 3.8) is 0 Å². The van der Waals surface area contributed by atoms with Gasteiger partial charge in [0, 0.05) is 45.7 Å². The van der Waals surface area contributed by atoms with Gasteiger partial charge in [-0.05, 0) is 50.9 Å². The monoisotopic (exact) mass is 348 g/mol. The smallest absolute Gasteiger partial charge is 0.222 e. The molecule has 3 fully saturated rings. The van der Waals surface area contributed by atoms with Gasteiger partial charge < -0.3 is 15.1 Å². The lowest BCUT2D eigenvalue weighted by molar-refractivity contribution is -0.130. The summed E-state index contributed by atoms with van der Waals surface area (Å²) < 4.78 is 0. The number of rotatable bonds is 5. The van der Waals surface area contributed by atoms with Gasteiger partial charge in [-0.25, -0.2) is 0 Å². The van der Waals surface area contributed by atoms with Crippen LogP contribution in [0, 0.1) is 5.41 Å². The Hall–Kier alpha value is -1.26. The normalized spacial score (nSPS) is 24.2. The molecule has 0 aromatic carbocycles. The number of carbonyl (C=O) groups excluding carboxylic acids is 1. The fourth-order valence-corrected chi connectivity index (χ4v) is 4.80. The molecule has 5 heteroatoms. The Labute approximate surface area is 153 Å². The molecular weight excluding hydrogens is 312 g/mol. The van der Waals surface area contributed by atoms with Crippen LogP contribution in [0.2, 0.25) is 0 Å². The summed E-state index contributed by atoms with van der Waals surface area (Å²) in [6.45, 7) is 8.03. The quantitative estimate of drug-likeness (QED) is 0.472. The van der Waals surface area contributed by atoms with Gasteiger partial charge in [0.15, 0.2) is 5.96 Å². The number of nitrogens with zero attached hydrogens (tertiary/aromatic N) is 3. The Bertz CT molecular complexity index is 470. The molecule has 1 N–H and O–H groups in total. The predicted molar refractivity (Wildman–Crippen MR) is 103 cm³/mol. The lowest BCUT2D eigenvalue weighted by Gasteiger charge is -2.26. The van der Waals surface area contributed by atoms with Crippen LogP contribution in [-0.2, 0) is 4.79 Å². The molecule has 3 rings (SSSR count). The Morgan fingerprint density at radius 1 is 1.12 bits per heavy atom. The number of hydrogen-bond acceptors (Lipinski definition) is 2. The highest BCUT2D eigenvalue weighted by Gasteiger charge is 2.41. The van der Waals surface area contributed by atoms with Gasteiger partial charge in [0.25, 0.3) is 0 Å². The van der Waals surface area contributed by atoms with Crippen molar-refractivity contribution in [3.05, 3.63) is 0 Å². The molecule has 2 saturated heterocycles. The Kier molecular flexibility index (Phi) is 6.60. The summed E-state index contributed by atoms with van der Waals surface area (Å²) in [6.07, 6.45) is 12.1. The zero-order valence-electron chi connectivity index (χ0n) is 16.1. The summed E-state index contributed by atoms with van der Waals surface area (Å²) in [5, 5.41) is 3.48. The Balaban J connectivity index is 1.48. The van der Waals surface area contributed by atoms with Gasteiger partial charge in [0.05, 0.1) is 0 Å². The molecule has 1 aliphatic carbocycles. The topological polar surface area (TPSA) is 47.9 Å². The minimum atomic E-state index is 0.344. The Morgan fingerprint density at radius 2 is 1.96 bits per heavy atom. The molecular formula is C20H36N4O. The lowest BCUT2D eigenvalue weighted by atomic mass is 9.86. The highest BCUT2D eigenvalue weighted by Crippen LogP contribution is 2.45. The molecule has 1 saturated carbocycles. The van der Waals surface area contributed by atoms with Crippen molar-refractivity contribution < 1.29 is 4.79 Å². The summed E-state index contributed by atoms with van der Waals surface area (Å²) >= 11 is 0. The zero-order valence-corrected chi connectivity index (χ0v) is 16.1. The average Bonchev–Trinajstić information content (AvgIpc) is 3.20. The Morgan fingerprint density at radius 3 is 2.76 bits per heavy atom. The maximum absolute atomic E-state index is 12.1. The van der Waals surface area contributed by atoms with Crippen LogP contribution in [0.25, 0.3) is 0 Å². The van der Waals surface area contributed by atoms with E-state index in [0.29, 0.717) is 11.3 Å². The third-order valence-electron chi connectivity index (χ3n) is 6.26. The number of carbonyl (C=O) groups is 1. The van der Waals surface area contributed by atoms with E-state index in [-0.39, 0.29) is 0 Å². The maximum Gasteiger partial charge on any atom is 0.222 e. The molecule has 0 bridgehead atoms. The first kappa shape index (κ1) is 18.5. The van der Waals surface area contributed by atoms with Crippen LogP contribution in [0.15, 0.2) is 4.99 Å². The molecule has 1 amide bonds. The summed E-state index contributed by atoms with van der Waals surface area (Å²) in [5.41, 5.74) is 0.578. The second-order valence-corrected chi connectivity index (χ2v) is 8.16. The standard InChI is InChI=1S/C20H36N4O/c1-2-21-19(24-16-12-20(17-24)10-5-6-11-20)22-13-8-15-23-14-7-3-4-9-18(23)25/h2-17H2,1H3,(H,21,22). The fourth-order valence-electron chi connectivity index (χ4n) is 4.80. The first-order valence-electron chi connectivity index (χ1n) is 10.5. The first-order chi connectivity index (χ1) is 12.2. The first-order valence-corrected chi connectivity index (χ1v) is 10.5. The molecule has 0 unspecified atom stereocenters. The summed E-state index contributed by atoms with van der Waals surface area (Å²) in [7, 11) is 0. The van der Waals surface area contributed by atoms with E-state index in [1.165, 1.54) is 45.1 Å². The highest BCUT2D eigenvalue weighted by atomic mass is 16.2. The van der Waals surface area contributed by atoms with Gasteiger partial charge >= 0.3 is 0 Å². The second kappa shape index (κ2) is 8.91. The molecule has 3 aliphatic rings. The van der Waals surface area contributed by atoms with Crippen LogP contribution in [0.1, 0.15) is 71.1 Å². The van der Waals surface area contributed by atoms with Crippen molar-refractivity contribution in [2.75, 3.05) is 39.3 Å². The predicted octanol–water partition coefficient (Wildman–Crippen LogP) is 3.01. The van der Waals surface area contributed by atoms with Crippen molar-refractivity contribution in [2.24, 2.45) is 10.4 Å². The van der Waals surface area contributed by atoms with Crippen molar-refractivity contribution in [1.29, 1.82) is 0 Å². The molecule has 2 heterocycles. The van der Waals surface area contributed by atoms with Crippen molar-refractivity contribution >= 4 is 11.9 Å². The summed E-state index contributed by atoms with van der Waals surface area (Å²) in [6, 6.07) is 0. The van der Waals surface area contributed by atoms with E-state index in [1.54, 1.807) is 0 Å². The second-order valence-electron chi connectivity index (χ2n) is 8.16. The van der Waals surface area contributed by atoms with Crippen molar-refractivity contribution in [2.45, 2.75) is 71.1 Å². The average molecular weight is 349 g/mol. The van der Waals surface area contributed by atoms with Crippen LogP contribution in [0.4, 0.5) is 0 Å². The zero-order chi connectivity index (χ0) is 17.5. The molecule has 0 atom stereocenters. The van der Waals surface area contributed by atoms with Gasteiger partial charge in [-0.15, -0.1) is 0 Å². The van der Waals surface area contributed by atoms with E-state index < -0.39 is 0 Å². The van der Waals surface area contributed by atoms with Crippen molar-refractivity contribution in [1.82, 2.24) is 15.1 Å². The molecule has 1 spiro atoms. The number of likely N-dealkylation sites (tertiary alicyclic amines) is 2. The summed E-state index contributed by atoms with van der Waals surface area (Å²) in [5.74, 6) is 1.43. The molecule has 2 aliphatic heterocycles. The fraction of sp³-hybridized carbons (Fsp3) is 0.900. The SMILES string of the molecule is CCNC(=NCCCN1CCCCCC1=O)N1CCC2(CCCC2)C1. The van der Waals surface area contributed by atoms with Crippen LogP contribution in [-0.4, -0.2) is 60.9 Å². The van der Waals surface area contributed by atoms with E-state index in [9.17, 15) is 4.79 Å². The largest absolute Gasteiger partial charge is 0.357 e. The third kappa shape index (κ3) is 4.89. The number of hydrogen-bond donors (Lipinski definition) is 1. The number of nitrogens with one attached hydrogen (secondary N) is 1. The van der Waals surface area contributed by atoms with Crippen LogP contribution >= 0.6 is 0 Å². The van der Waals surface area contributed by atoms with E-state index in [4.69, 9.17) is 4.99 Å². The van der Waals surface area contributed by atoms with E-state index in [2.05, 4.69) is 22.0 Å². The lowest BCUT2D eigenvalue weighted by Crippen LogP contribution is -2.41. The molecule has 25 heavy (non-hydrogen) atoms. The third-order valence-corrected chi connectivity index (χ3v) is 6.26. The maximum atomic E-state index is 12.1. The molecule has 0 aromatic heterocycles. The van der Waals surface area contributed by atoms with Crippen LogP contribution in [0.3, 0.4) is 0 Å². The summed E-state index contributed by atoms with van der Waals surface area (Å²) in [4.78, 5) is 21.5. The molecule has 0 aromatic rings. The van der Waals surface area contributed by atoms with Gasteiger partial charge in [0.2, 0.25) is 5.91 Å². The number of amides is 1. The highest BCUT2D eigenvalue weighted by molar-refractivity contribution is 5.80.